The maximum atomic E-state index is 12.6. The van der Waals surface area contributed by atoms with Crippen LogP contribution in [0.4, 0.5) is 0 Å². The van der Waals surface area contributed by atoms with Crippen LogP contribution in [0.3, 0.4) is 0 Å². The Bertz CT molecular complexity index is 954. The van der Waals surface area contributed by atoms with Gasteiger partial charge in [-0.15, -0.1) is 0 Å². The molecule has 6 heteroatoms. The lowest BCUT2D eigenvalue weighted by Crippen LogP contribution is -2.28. The first-order valence-corrected chi connectivity index (χ1v) is 10.2. The molecule has 0 bridgehead atoms. The number of fused-ring (bicyclic) bond motifs is 1. The van der Waals surface area contributed by atoms with Crippen molar-refractivity contribution < 1.29 is 0 Å². The van der Waals surface area contributed by atoms with E-state index in [9.17, 15) is 4.79 Å². The topological polar surface area (TPSA) is 50.5 Å². The van der Waals surface area contributed by atoms with Crippen molar-refractivity contribution in [3.8, 4) is 0 Å². The number of hydrogen-bond donors (Lipinski definition) is 0. The van der Waals surface area contributed by atoms with Crippen LogP contribution in [0.2, 0.25) is 0 Å². The minimum Gasteiger partial charge on any atom is -0.293 e. The van der Waals surface area contributed by atoms with E-state index in [2.05, 4.69) is 68.9 Å². The molecular formula is C21H28N4OS. The number of hydrogen-bond acceptors (Lipinski definition) is 5. The Hall–Kier alpha value is -2.05. The van der Waals surface area contributed by atoms with E-state index in [1.807, 2.05) is 6.07 Å². The molecule has 0 saturated heterocycles. The molecule has 0 aliphatic heterocycles. The zero-order valence-electron chi connectivity index (χ0n) is 16.8. The van der Waals surface area contributed by atoms with Gasteiger partial charge < -0.3 is 0 Å². The number of benzene rings is 1. The lowest BCUT2D eigenvalue weighted by molar-refractivity contribution is 0.225. The van der Waals surface area contributed by atoms with E-state index in [-0.39, 0.29) is 11.0 Å². The van der Waals surface area contributed by atoms with Crippen LogP contribution < -0.4 is 5.56 Å². The largest absolute Gasteiger partial charge is 0.293 e. The fraction of sp³-hybridized carbons (Fsp3) is 0.476. The van der Waals surface area contributed by atoms with Gasteiger partial charge in [-0.3, -0.25) is 9.69 Å². The molecule has 0 saturated carbocycles. The standard InChI is InChI=1S/C21H28N4OS/c1-15(2)12-24(13-16-9-7-6-8-10-16)14-17-11-18(26)25-20(22-17)27-19(23-25)21(3,4)5/h6-11,15H,12-14H2,1-5H3. The van der Waals surface area contributed by atoms with Crippen molar-refractivity contribution in [2.75, 3.05) is 6.54 Å². The van der Waals surface area contributed by atoms with Crippen molar-refractivity contribution in [2.45, 2.75) is 53.1 Å². The molecule has 0 radical (unpaired) electrons. The first-order valence-electron chi connectivity index (χ1n) is 9.39. The third kappa shape index (κ3) is 5.02. The maximum Gasteiger partial charge on any atom is 0.275 e. The summed E-state index contributed by atoms with van der Waals surface area (Å²) in [5.41, 5.74) is 1.87. The second-order valence-corrected chi connectivity index (χ2v) is 9.44. The third-order valence-corrected chi connectivity index (χ3v) is 5.53. The van der Waals surface area contributed by atoms with Gasteiger partial charge in [0.2, 0.25) is 4.96 Å². The van der Waals surface area contributed by atoms with Crippen molar-refractivity contribution in [3.63, 3.8) is 0 Å². The van der Waals surface area contributed by atoms with Crippen LogP contribution in [-0.4, -0.2) is 26.0 Å². The Balaban J connectivity index is 1.88. The quantitative estimate of drug-likeness (QED) is 0.642. The highest BCUT2D eigenvalue weighted by atomic mass is 32.1. The predicted molar refractivity (Wildman–Crippen MR) is 111 cm³/mol. The lowest BCUT2D eigenvalue weighted by atomic mass is 9.98. The molecule has 0 N–H and O–H groups in total. The molecule has 0 spiro atoms. The molecule has 2 heterocycles. The first kappa shape index (κ1) is 19.7. The lowest BCUT2D eigenvalue weighted by Gasteiger charge is -2.24. The average Bonchev–Trinajstić information content (AvgIpc) is 3.00. The van der Waals surface area contributed by atoms with Crippen LogP contribution >= 0.6 is 11.3 Å². The average molecular weight is 385 g/mol. The summed E-state index contributed by atoms with van der Waals surface area (Å²) in [6, 6.07) is 12.0. The van der Waals surface area contributed by atoms with Crippen LogP contribution in [0.1, 0.15) is 50.9 Å². The zero-order valence-corrected chi connectivity index (χ0v) is 17.6. The minimum absolute atomic E-state index is 0.0953. The second-order valence-electron chi connectivity index (χ2n) is 8.49. The van der Waals surface area contributed by atoms with Gasteiger partial charge in [-0.25, -0.2) is 4.98 Å². The Labute approximate surface area is 164 Å². The van der Waals surface area contributed by atoms with Gasteiger partial charge in [0.1, 0.15) is 5.01 Å². The van der Waals surface area contributed by atoms with Gasteiger partial charge in [-0.1, -0.05) is 76.3 Å². The molecular weight excluding hydrogens is 356 g/mol. The molecule has 0 unspecified atom stereocenters. The monoisotopic (exact) mass is 384 g/mol. The highest BCUT2D eigenvalue weighted by molar-refractivity contribution is 7.16. The molecule has 144 valence electrons. The number of rotatable bonds is 6. The fourth-order valence-electron chi connectivity index (χ4n) is 3.01. The Morgan fingerprint density at radius 1 is 1.15 bits per heavy atom. The van der Waals surface area contributed by atoms with Gasteiger partial charge in [0.25, 0.3) is 5.56 Å². The van der Waals surface area contributed by atoms with E-state index in [1.54, 1.807) is 6.07 Å². The van der Waals surface area contributed by atoms with Gasteiger partial charge in [0, 0.05) is 31.1 Å². The van der Waals surface area contributed by atoms with E-state index in [0.29, 0.717) is 17.4 Å². The molecule has 3 aromatic rings. The summed E-state index contributed by atoms with van der Waals surface area (Å²) in [5.74, 6) is 0.537. The summed E-state index contributed by atoms with van der Waals surface area (Å²) in [6.07, 6.45) is 0. The van der Waals surface area contributed by atoms with Crippen LogP contribution in [0, 0.1) is 5.92 Å². The van der Waals surface area contributed by atoms with E-state index in [0.717, 1.165) is 23.8 Å². The maximum absolute atomic E-state index is 12.6. The van der Waals surface area contributed by atoms with E-state index >= 15 is 0 Å². The van der Waals surface area contributed by atoms with Crippen molar-refractivity contribution in [2.24, 2.45) is 5.92 Å². The van der Waals surface area contributed by atoms with Gasteiger partial charge in [-0.05, 0) is 11.5 Å². The highest BCUT2D eigenvalue weighted by Gasteiger charge is 2.21. The smallest absolute Gasteiger partial charge is 0.275 e. The molecule has 0 atom stereocenters. The summed E-state index contributed by atoms with van der Waals surface area (Å²) in [6.45, 7) is 13.2. The van der Waals surface area contributed by atoms with Crippen molar-refractivity contribution >= 4 is 16.3 Å². The summed E-state index contributed by atoms with van der Waals surface area (Å²) >= 11 is 1.50. The van der Waals surface area contributed by atoms with Gasteiger partial charge in [-0.2, -0.15) is 9.61 Å². The van der Waals surface area contributed by atoms with Crippen LogP contribution in [0.15, 0.2) is 41.2 Å². The Kier molecular flexibility index (Phi) is 5.77. The molecule has 5 nitrogen and oxygen atoms in total. The molecule has 0 fully saturated rings. The molecule has 2 aromatic heterocycles. The summed E-state index contributed by atoms with van der Waals surface area (Å²) < 4.78 is 1.43. The molecule has 27 heavy (non-hydrogen) atoms. The molecule has 0 aliphatic carbocycles. The Morgan fingerprint density at radius 2 is 1.85 bits per heavy atom. The summed E-state index contributed by atoms with van der Waals surface area (Å²) in [7, 11) is 0. The van der Waals surface area contributed by atoms with Crippen molar-refractivity contribution in [1.29, 1.82) is 0 Å². The second kappa shape index (κ2) is 7.90. The summed E-state index contributed by atoms with van der Waals surface area (Å²) in [4.78, 5) is 20.3. The van der Waals surface area contributed by atoms with Crippen LogP contribution in [-0.2, 0) is 18.5 Å². The van der Waals surface area contributed by atoms with Gasteiger partial charge in [0.05, 0.1) is 5.69 Å². The third-order valence-electron chi connectivity index (χ3n) is 4.20. The Morgan fingerprint density at radius 3 is 2.48 bits per heavy atom. The fourth-order valence-corrected chi connectivity index (χ4v) is 3.99. The van der Waals surface area contributed by atoms with Crippen molar-refractivity contribution in [1.82, 2.24) is 19.5 Å². The molecule has 0 amide bonds. The highest BCUT2D eigenvalue weighted by Crippen LogP contribution is 2.26. The van der Waals surface area contributed by atoms with Gasteiger partial charge >= 0.3 is 0 Å². The van der Waals surface area contributed by atoms with E-state index in [4.69, 9.17) is 4.98 Å². The number of nitrogens with zero attached hydrogens (tertiary/aromatic N) is 4. The molecule has 1 aromatic carbocycles. The zero-order chi connectivity index (χ0) is 19.6. The first-order chi connectivity index (χ1) is 12.7. The molecule has 0 aliphatic rings. The van der Waals surface area contributed by atoms with Gasteiger partial charge in [0.15, 0.2) is 0 Å². The molecule has 3 rings (SSSR count). The summed E-state index contributed by atoms with van der Waals surface area (Å²) in [5, 5.41) is 5.39. The predicted octanol–water partition coefficient (Wildman–Crippen LogP) is 4.11. The SMILES string of the molecule is CC(C)CN(Cc1ccccc1)Cc1cc(=O)n2nc(C(C)(C)C)sc2n1. The minimum atomic E-state index is -0.106. The van der Waals surface area contributed by atoms with E-state index in [1.165, 1.54) is 21.4 Å². The van der Waals surface area contributed by atoms with Crippen molar-refractivity contribution in [3.05, 3.63) is 63.0 Å². The van der Waals surface area contributed by atoms with E-state index < -0.39 is 0 Å². The van der Waals surface area contributed by atoms with Crippen LogP contribution in [0.25, 0.3) is 4.96 Å². The van der Waals surface area contributed by atoms with Crippen LogP contribution in [0.5, 0.6) is 0 Å². The number of aromatic nitrogens is 3. The normalized spacial score (nSPS) is 12.4.